The molecule has 0 amide bonds. The molecule has 2 nitrogen and oxygen atoms in total. The Morgan fingerprint density at radius 1 is 1.19 bits per heavy atom. The molecule has 21 heavy (non-hydrogen) atoms. The molecule has 0 radical (unpaired) electrons. The van der Waals surface area contributed by atoms with Gasteiger partial charge in [-0.25, -0.2) is 0 Å². The predicted molar refractivity (Wildman–Crippen MR) is 92.5 cm³/mol. The molecule has 0 aromatic heterocycles. The van der Waals surface area contributed by atoms with Crippen LogP contribution in [-0.4, -0.2) is 30.1 Å². The van der Waals surface area contributed by atoms with Crippen molar-refractivity contribution in [2.24, 2.45) is 0 Å². The Morgan fingerprint density at radius 2 is 1.95 bits per heavy atom. The second kappa shape index (κ2) is 7.26. The molecule has 2 atom stereocenters. The maximum Gasteiger partial charge on any atom is 0.0349 e. The van der Waals surface area contributed by atoms with E-state index in [1.165, 1.54) is 61.7 Å². The molecular weight excluding hydrogens is 324 g/mol. The first-order valence-corrected chi connectivity index (χ1v) is 9.32. The van der Waals surface area contributed by atoms with Gasteiger partial charge in [0.05, 0.1) is 0 Å². The molecule has 1 aromatic carbocycles. The molecule has 0 bridgehead atoms. The van der Waals surface area contributed by atoms with Gasteiger partial charge in [0.25, 0.3) is 0 Å². The average Bonchev–Trinajstić information content (AvgIpc) is 3.34. The van der Waals surface area contributed by atoms with Crippen LogP contribution in [0.25, 0.3) is 0 Å². The molecule has 1 aliphatic heterocycles. The highest BCUT2D eigenvalue weighted by Crippen LogP contribution is 2.36. The van der Waals surface area contributed by atoms with Crippen molar-refractivity contribution in [1.29, 1.82) is 0 Å². The third kappa shape index (κ3) is 4.08. The Balaban J connectivity index is 1.72. The summed E-state index contributed by atoms with van der Waals surface area (Å²) in [5, 5.41) is 3.72. The van der Waals surface area contributed by atoms with Crippen LogP contribution in [0, 0.1) is 0 Å². The minimum atomic E-state index is 0.578. The van der Waals surface area contributed by atoms with E-state index in [9.17, 15) is 0 Å². The first-order valence-electron chi connectivity index (χ1n) is 8.52. The van der Waals surface area contributed by atoms with E-state index in [4.69, 9.17) is 0 Å². The summed E-state index contributed by atoms with van der Waals surface area (Å²) in [6.07, 6.45) is 8.07. The first-order chi connectivity index (χ1) is 10.3. The van der Waals surface area contributed by atoms with Crippen LogP contribution >= 0.6 is 15.9 Å². The van der Waals surface area contributed by atoms with Crippen LogP contribution in [0.5, 0.6) is 0 Å². The van der Waals surface area contributed by atoms with Crippen LogP contribution in [0.2, 0.25) is 0 Å². The van der Waals surface area contributed by atoms with Gasteiger partial charge in [-0.05, 0) is 56.3 Å². The third-order valence-corrected chi connectivity index (χ3v) is 5.43. The van der Waals surface area contributed by atoms with E-state index in [0.29, 0.717) is 12.1 Å². The second-order valence-corrected chi connectivity index (χ2v) is 7.47. The van der Waals surface area contributed by atoms with Gasteiger partial charge in [-0.2, -0.15) is 0 Å². The normalized spacial score (nSPS) is 24.2. The molecule has 116 valence electrons. The highest BCUT2D eigenvalue weighted by molar-refractivity contribution is 9.10. The summed E-state index contributed by atoms with van der Waals surface area (Å²) in [7, 11) is 0. The number of piperidine rings is 1. The lowest BCUT2D eigenvalue weighted by atomic mass is 9.99. The SMILES string of the molecule is CCC(c1ccc(Br)cc1)N(CC1CCCCN1)C1CC1. The molecular formula is C18H27BrN2. The fraction of sp³-hybridized carbons (Fsp3) is 0.667. The van der Waals surface area contributed by atoms with Gasteiger partial charge in [0, 0.05) is 29.1 Å². The number of rotatable bonds is 6. The van der Waals surface area contributed by atoms with Gasteiger partial charge in [0.15, 0.2) is 0 Å². The van der Waals surface area contributed by atoms with Gasteiger partial charge in [-0.1, -0.05) is 41.4 Å². The van der Waals surface area contributed by atoms with Gasteiger partial charge in [-0.3, -0.25) is 4.90 Å². The molecule has 1 saturated heterocycles. The van der Waals surface area contributed by atoms with Crippen molar-refractivity contribution < 1.29 is 0 Å². The van der Waals surface area contributed by atoms with Crippen LogP contribution in [0.1, 0.15) is 57.1 Å². The summed E-state index contributed by atoms with van der Waals surface area (Å²) >= 11 is 3.55. The molecule has 1 aliphatic carbocycles. The number of hydrogen-bond acceptors (Lipinski definition) is 2. The van der Waals surface area contributed by atoms with Crippen LogP contribution in [0.4, 0.5) is 0 Å². The van der Waals surface area contributed by atoms with E-state index >= 15 is 0 Å². The molecule has 1 saturated carbocycles. The van der Waals surface area contributed by atoms with E-state index in [2.05, 4.69) is 57.3 Å². The number of hydrogen-bond donors (Lipinski definition) is 1. The molecule has 1 aromatic rings. The van der Waals surface area contributed by atoms with E-state index in [-0.39, 0.29) is 0 Å². The Labute approximate surface area is 137 Å². The summed E-state index contributed by atoms with van der Waals surface area (Å²) in [5.74, 6) is 0. The maximum absolute atomic E-state index is 3.72. The number of nitrogens with zero attached hydrogens (tertiary/aromatic N) is 1. The van der Waals surface area contributed by atoms with Crippen LogP contribution < -0.4 is 5.32 Å². The predicted octanol–water partition coefficient (Wildman–Crippen LogP) is 4.51. The molecule has 0 spiro atoms. The zero-order valence-electron chi connectivity index (χ0n) is 13.0. The minimum Gasteiger partial charge on any atom is -0.313 e. The summed E-state index contributed by atoms with van der Waals surface area (Å²) in [6.45, 7) is 4.76. The molecule has 3 rings (SSSR count). The molecule has 1 N–H and O–H groups in total. The monoisotopic (exact) mass is 350 g/mol. The summed E-state index contributed by atoms with van der Waals surface area (Å²) < 4.78 is 1.17. The molecule has 2 aliphatic rings. The first kappa shape index (κ1) is 15.5. The van der Waals surface area contributed by atoms with E-state index in [1.807, 2.05) is 0 Å². The topological polar surface area (TPSA) is 15.3 Å². The maximum atomic E-state index is 3.72. The number of halogens is 1. The summed E-state index contributed by atoms with van der Waals surface area (Å²) in [5.41, 5.74) is 1.48. The van der Waals surface area contributed by atoms with Gasteiger partial charge < -0.3 is 5.32 Å². The van der Waals surface area contributed by atoms with E-state index < -0.39 is 0 Å². The fourth-order valence-electron chi connectivity index (χ4n) is 3.62. The lowest BCUT2D eigenvalue weighted by Gasteiger charge is -2.36. The zero-order valence-corrected chi connectivity index (χ0v) is 14.6. The highest BCUT2D eigenvalue weighted by Gasteiger charge is 2.35. The van der Waals surface area contributed by atoms with Gasteiger partial charge in [0.1, 0.15) is 0 Å². The highest BCUT2D eigenvalue weighted by atomic mass is 79.9. The summed E-state index contributed by atoms with van der Waals surface area (Å²) in [6, 6.07) is 11.0. The van der Waals surface area contributed by atoms with Crippen molar-refractivity contribution in [3.05, 3.63) is 34.3 Å². The standard InChI is InChI=1S/C18H27BrN2/c1-2-18(14-6-8-15(19)9-7-14)21(17-10-11-17)13-16-5-3-4-12-20-16/h6-9,16-18,20H,2-5,10-13H2,1H3. The van der Waals surface area contributed by atoms with Crippen LogP contribution in [0.3, 0.4) is 0 Å². The Kier molecular flexibility index (Phi) is 5.36. The van der Waals surface area contributed by atoms with Gasteiger partial charge >= 0.3 is 0 Å². The lowest BCUT2D eigenvalue weighted by Crippen LogP contribution is -2.45. The van der Waals surface area contributed by atoms with Crippen LogP contribution in [-0.2, 0) is 0 Å². The quantitative estimate of drug-likeness (QED) is 0.811. The van der Waals surface area contributed by atoms with Crippen molar-refractivity contribution >= 4 is 15.9 Å². The molecule has 2 fully saturated rings. The Morgan fingerprint density at radius 3 is 2.52 bits per heavy atom. The van der Waals surface area contributed by atoms with Crippen molar-refractivity contribution in [3.63, 3.8) is 0 Å². The number of benzene rings is 1. The van der Waals surface area contributed by atoms with Crippen molar-refractivity contribution in [3.8, 4) is 0 Å². The molecule has 1 heterocycles. The second-order valence-electron chi connectivity index (χ2n) is 6.55. The van der Waals surface area contributed by atoms with Crippen LogP contribution in [0.15, 0.2) is 28.7 Å². The number of nitrogens with one attached hydrogen (secondary N) is 1. The largest absolute Gasteiger partial charge is 0.313 e. The third-order valence-electron chi connectivity index (χ3n) is 4.90. The van der Waals surface area contributed by atoms with Crippen molar-refractivity contribution in [2.45, 2.75) is 63.6 Å². The van der Waals surface area contributed by atoms with E-state index in [0.717, 1.165) is 6.04 Å². The molecule has 3 heteroatoms. The van der Waals surface area contributed by atoms with Crippen molar-refractivity contribution in [2.75, 3.05) is 13.1 Å². The average molecular weight is 351 g/mol. The van der Waals surface area contributed by atoms with Gasteiger partial charge in [-0.15, -0.1) is 0 Å². The minimum absolute atomic E-state index is 0.578. The Bertz CT molecular complexity index is 435. The zero-order chi connectivity index (χ0) is 14.7. The molecule has 2 unspecified atom stereocenters. The smallest absolute Gasteiger partial charge is 0.0349 e. The lowest BCUT2D eigenvalue weighted by molar-refractivity contribution is 0.152. The fourth-order valence-corrected chi connectivity index (χ4v) is 3.88. The summed E-state index contributed by atoms with van der Waals surface area (Å²) in [4.78, 5) is 2.78. The Hall–Kier alpha value is -0.380. The van der Waals surface area contributed by atoms with Gasteiger partial charge in [0.2, 0.25) is 0 Å². The van der Waals surface area contributed by atoms with Crippen molar-refractivity contribution in [1.82, 2.24) is 10.2 Å². The van der Waals surface area contributed by atoms with E-state index in [1.54, 1.807) is 0 Å².